The molecule has 0 radical (unpaired) electrons. The van der Waals surface area contributed by atoms with Crippen LogP contribution in [0.4, 0.5) is 14.9 Å². The van der Waals surface area contributed by atoms with E-state index in [2.05, 4.69) is 10.3 Å². The lowest BCUT2D eigenvalue weighted by atomic mass is 9.68. The lowest BCUT2D eigenvalue weighted by molar-refractivity contribution is -0.00398. The molecule has 2 fully saturated rings. The molecule has 0 bridgehead atoms. The number of nitrogens with one attached hydrogen (secondary N) is 1. The van der Waals surface area contributed by atoms with Crippen LogP contribution in [0.15, 0.2) is 54.7 Å². The molecule has 1 aliphatic heterocycles. The summed E-state index contributed by atoms with van der Waals surface area (Å²) in [4.78, 5) is 19.2. The fourth-order valence-electron chi connectivity index (χ4n) is 5.06. The Morgan fingerprint density at radius 2 is 1.87 bits per heavy atom. The maximum atomic E-state index is 13.8. The lowest BCUT2D eigenvalue weighted by Crippen LogP contribution is -2.64. The van der Waals surface area contributed by atoms with Gasteiger partial charge < -0.3 is 10.2 Å². The number of benzene rings is 2. The van der Waals surface area contributed by atoms with E-state index in [9.17, 15) is 9.18 Å². The van der Waals surface area contributed by atoms with Crippen LogP contribution in [0.1, 0.15) is 43.6 Å². The number of hydrogen-bond donors (Lipinski definition) is 1. The molecule has 2 amide bonds. The number of likely N-dealkylation sites (tertiary alicyclic amines) is 1. The first-order valence-electron chi connectivity index (χ1n) is 10.4. The summed E-state index contributed by atoms with van der Waals surface area (Å²) >= 11 is 5.93. The third kappa shape index (κ3) is 3.41. The topological polar surface area (TPSA) is 45.2 Å². The van der Waals surface area contributed by atoms with Gasteiger partial charge in [-0.25, -0.2) is 9.18 Å². The van der Waals surface area contributed by atoms with Gasteiger partial charge in [0, 0.05) is 34.4 Å². The second-order valence-electron chi connectivity index (χ2n) is 8.40. The van der Waals surface area contributed by atoms with Crippen LogP contribution in [0, 0.1) is 5.82 Å². The summed E-state index contributed by atoms with van der Waals surface area (Å²) in [5.41, 5.74) is 2.71. The molecule has 0 unspecified atom stereocenters. The molecule has 1 aliphatic carbocycles. The van der Waals surface area contributed by atoms with Gasteiger partial charge in [0.05, 0.1) is 5.52 Å². The van der Waals surface area contributed by atoms with Crippen LogP contribution in [0.5, 0.6) is 0 Å². The van der Waals surface area contributed by atoms with Crippen molar-refractivity contribution in [3.8, 4) is 0 Å². The van der Waals surface area contributed by atoms with Crippen molar-refractivity contribution in [3.63, 3.8) is 0 Å². The number of aromatic nitrogens is 1. The van der Waals surface area contributed by atoms with Crippen LogP contribution in [0.2, 0.25) is 5.02 Å². The molecular weight excluding hydrogens is 401 g/mol. The minimum Gasteiger partial charge on any atom is -0.319 e. The average molecular weight is 424 g/mol. The highest BCUT2D eigenvalue weighted by molar-refractivity contribution is 6.30. The van der Waals surface area contributed by atoms with Gasteiger partial charge in [-0.15, -0.1) is 0 Å². The van der Waals surface area contributed by atoms with Gasteiger partial charge in [0.2, 0.25) is 0 Å². The molecule has 1 saturated carbocycles. The van der Waals surface area contributed by atoms with Gasteiger partial charge in [0.25, 0.3) is 0 Å². The standard InChI is InChI=1S/C24H23ClFN3O/c25-17-1-4-19(5-2-17)28-23(30)29-14-12-24(29)10-7-16(8-11-24)20-9-13-27-22-6-3-18(26)15-21(20)22/h1-6,9,13,15-16H,7-8,10-12,14H2,(H,28,30). The monoisotopic (exact) mass is 423 g/mol. The summed E-state index contributed by atoms with van der Waals surface area (Å²) in [6.07, 6.45) is 6.75. The zero-order chi connectivity index (χ0) is 20.7. The van der Waals surface area contributed by atoms with Crippen LogP contribution in [0.25, 0.3) is 10.9 Å². The van der Waals surface area contributed by atoms with Crippen molar-refractivity contribution in [1.82, 2.24) is 9.88 Å². The van der Waals surface area contributed by atoms with Gasteiger partial charge in [0.15, 0.2) is 0 Å². The van der Waals surface area contributed by atoms with E-state index >= 15 is 0 Å². The van der Waals surface area contributed by atoms with Crippen molar-refractivity contribution < 1.29 is 9.18 Å². The molecule has 1 N–H and O–H groups in total. The maximum absolute atomic E-state index is 13.8. The summed E-state index contributed by atoms with van der Waals surface area (Å²) < 4.78 is 13.8. The van der Waals surface area contributed by atoms with E-state index in [-0.39, 0.29) is 17.4 Å². The van der Waals surface area contributed by atoms with Gasteiger partial charge in [-0.2, -0.15) is 0 Å². The quantitative estimate of drug-likeness (QED) is 0.521. The maximum Gasteiger partial charge on any atom is 0.322 e. The van der Waals surface area contributed by atoms with Gasteiger partial charge in [-0.3, -0.25) is 4.98 Å². The molecule has 4 nitrogen and oxygen atoms in total. The molecule has 5 rings (SSSR count). The Hall–Kier alpha value is -2.66. The third-order valence-corrected chi connectivity index (χ3v) is 7.06. The minimum atomic E-state index is -0.229. The molecule has 3 aromatic rings. The van der Waals surface area contributed by atoms with Crippen molar-refractivity contribution in [2.75, 3.05) is 11.9 Å². The Bertz CT molecular complexity index is 1090. The van der Waals surface area contributed by atoms with Gasteiger partial charge >= 0.3 is 6.03 Å². The van der Waals surface area contributed by atoms with Gasteiger partial charge in [0.1, 0.15) is 5.82 Å². The first kappa shape index (κ1) is 19.3. The van der Waals surface area contributed by atoms with Crippen LogP contribution in [-0.2, 0) is 0 Å². The fraction of sp³-hybridized carbons (Fsp3) is 0.333. The van der Waals surface area contributed by atoms with Gasteiger partial charge in [-0.1, -0.05) is 11.6 Å². The summed E-state index contributed by atoms with van der Waals surface area (Å²) in [6.45, 7) is 0.785. The van der Waals surface area contributed by atoms with Crippen LogP contribution in [-0.4, -0.2) is 28.0 Å². The van der Waals surface area contributed by atoms with Crippen molar-refractivity contribution in [2.45, 2.75) is 43.6 Å². The molecule has 154 valence electrons. The lowest BCUT2D eigenvalue weighted by Gasteiger charge is -2.56. The van der Waals surface area contributed by atoms with E-state index in [1.54, 1.807) is 24.3 Å². The van der Waals surface area contributed by atoms with Crippen molar-refractivity contribution in [1.29, 1.82) is 0 Å². The number of halogens is 2. The normalized spacial score (nSPS) is 23.4. The Morgan fingerprint density at radius 1 is 1.10 bits per heavy atom. The predicted octanol–water partition coefficient (Wildman–Crippen LogP) is 6.36. The molecule has 2 aliphatic rings. The number of carbonyl (C=O) groups excluding carboxylic acids is 1. The first-order valence-corrected chi connectivity index (χ1v) is 10.8. The molecule has 30 heavy (non-hydrogen) atoms. The second kappa shape index (κ2) is 7.55. The van der Waals surface area contributed by atoms with E-state index in [4.69, 9.17) is 11.6 Å². The number of anilines is 1. The number of nitrogens with zero attached hydrogens (tertiary/aromatic N) is 2. The van der Waals surface area contributed by atoms with Crippen molar-refractivity contribution in [3.05, 3.63) is 71.1 Å². The molecule has 1 saturated heterocycles. The Morgan fingerprint density at radius 3 is 2.57 bits per heavy atom. The van der Waals surface area contributed by atoms with Gasteiger partial charge in [-0.05, 0) is 92.1 Å². The molecule has 2 heterocycles. The number of rotatable bonds is 2. The average Bonchev–Trinajstić information content (AvgIpc) is 2.74. The summed E-state index contributed by atoms with van der Waals surface area (Å²) in [5.74, 6) is 0.137. The van der Waals surface area contributed by atoms with E-state index in [0.29, 0.717) is 10.9 Å². The van der Waals surface area contributed by atoms with E-state index < -0.39 is 0 Å². The highest BCUT2D eigenvalue weighted by atomic mass is 35.5. The highest BCUT2D eigenvalue weighted by Crippen LogP contribution is 2.48. The van der Waals surface area contributed by atoms with Crippen LogP contribution < -0.4 is 5.32 Å². The Kier molecular flexibility index (Phi) is 4.86. The van der Waals surface area contributed by atoms with Crippen LogP contribution in [0.3, 0.4) is 0 Å². The van der Waals surface area contributed by atoms with Crippen LogP contribution >= 0.6 is 11.6 Å². The van der Waals surface area contributed by atoms with E-state index in [1.807, 2.05) is 29.3 Å². The number of amides is 2. The second-order valence-corrected chi connectivity index (χ2v) is 8.84. The molecular formula is C24H23ClFN3O. The zero-order valence-electron chi connectivity index (χ0n) is 16.6. The van der Waals surface area contributed by atoms with E-state index in [0.717, 1.165) is 55.2 Å². The number of hydrogen-bond acceptors (Lipinski definition) is 2. The number of pyridine rings is 1. The summed E-state index contributed by atoms with van der Waals surface area (Å²) in [7, 11) is 0. The largest absolute Gasteiger partial charge is 0.322 e. The zero-order valence-corrected chi connectivity index (χ0v) is 17.3. The molecule has 1 spiro atoms. The van der Waals surface area contributed by atoms with Crippen molar-refractivity contribution in [2.24, 2.45) is 0 Å². The summed E-state index contributed by atoms with van der Waals surface area (Å²) in [5, 5.41) is 4.55. The first-order chi connectivity index (χ1) is 14.5. The fourth-order valence-corrected chi connectivity index (χ4v) is 5.19. The van der Waals surface area contributed by atoms with E-state index in [1.165, 1.54) is 11.6 Å². The van der Waals surface area contributed by atoms with Crippen molar-refractivity contribution >= 4 is 34.2 Å². The Balaban J connectivity index is 1.29. The SMILES string of the molecule is O=C(Nc1ccc(Cl)cc1)N1CCC12CCC(c1ccnc3ccc(F)cc13)CC2. The smallest absolute Gasteiger partial charge is 0.319 e. The molecule has 1 aromatic heterocycles. The molecule has 2 aromatic carbocycles. The number of carbonyl (C=O) groups is 1. The summed E-state index contributed by atoms with van der Waals surface area (Å²) in [6, 6.07) is 14.0. The molecule has 0 atom stereocenters. The minimum absolute atomic E-state index is 0.0431. The Labute approximate surface area is 180 Å². The number of urea groups is 1. The number of fused-ring (bicyclic) bond motifs is 1. The molecule has 6 heteroatoms. The predicted molar refractivity (Wildman–Crippen MR) is 117 cm³/mol. The highest BCUT2D eigenvalue weighted by Gasteiger charge is 2.49. The third-order valence-electron chi connectivity index (χ3n) is 6.81.